The Kier molecular flexibility index (Phi) is 4.43. The zero-order valence-electron chi connectivity index (χ0n) is 14.2. The van der Waals surface area contributed by atoms with Gasteiger partial charge in [0.2, 0.25) is 0 Å². The van der Waals surface area contributed by atoms with Crippen LogP contribution in [-0.4, -0.2) is 33.8 Å². The lowest BCUT2D eigenvalue weighted by atomic mass is 10.0. The first-order chi connectivity index (χ1) is 11.4. The van der Waals surface area contributed by atoms with Crippen molar-refractivity contribution in [1.82, 2.24) is 9.97 Å². The number of aliphatic hydroxyl groups is 1. The molecule has 0 bridgehead atoms. The molecule has 2 N–H and O–H groups in total. The van der Waals surface area contributed by atoms with E-state index in [1.807, 2.05) is 31.2 Å². The molecule has 5 nitrogen and oxygen atoms in total. The fourth-order valence-electron chi connectivity index (χ4n) is 2.35. The van der Waals surface area contributed by atoms with E-state index in [-0.39, 0.29) is 6.04 Å². The average Bonchev–Trinajstić information content (AvgIpc) is 2.99. The minimum absolute atomic E-state index is 0.154. The molecule has 1 aromatic carbocycles. The van der Waals surface area contributed by atoms with Crippen molar-refractivity contribution >= 4 is 27.4 Å². The lowest BCUT2D eigenvalue weighted by Crippen LogP contribution is -2.39. The zero-order chi connectivity index (χ0) is 17.3. The first-order valence-corrected chi connectivity index (χ1v) is 8.63. The molecule has 0 aliphatic rings. The Morgan fingerprint density at radius 3 is 2.54 bits per heavy atom. The highest BCUT2D eigenvalue weighted by Crippen LogP contribution is 2.37. The summed E-state index contributed by atoms with van der Waals surface area (Å²) in [7, 11) is 1.66. The average molecular weight is 343 g/mol. The van der Waals surface area contributed by atoms with E-state index in [1.54, 1.807) is 38.6 Å². The number of nitrogens with zero attached hydrogens (tertiary/aromatic N) is 2. The van der Waals surface area contributed by atoms with Gasteiger partial charge in [-0.05, 0) is 38.5 Å². The lowest BCUT2D eigenvalue weighted by molar-refractivity contribution is 0.0648. The molecule has 0 amide bonds. The maximum Gasteiger partial charge on any atom is 0.139 e. The molecule has 0 unspecified atom stereocenters. The van der Waals surface area contributed by atoms with E-state index in [2.05, 4.69) is 20.7 Å². The summed E-state index contributed by atoms with van der Waals surface area (Å²) < 4.78 is 5.23. The van der Waals surface area contributed by atoms with E-state index in [1.165, 1.54) is 0 Å². The first kappa shape index (κ1) is 16.7. The normalized spacial score (nSPS) is 13.0. The van der Waals surface area contributed by atoms with Gasteiger partial charge in [-0.3, -0.25) is 0 Å². The smallest absolute Gasteiger partial charge is 0.139 e. The third-order valence-electron chi connectivity index (χ3n) is 4.18. The van der Waals surface area contributed by atoms with E-state index in [9.17, 15) is 5.11 Å². The van der Waals surface area contributed by atoms with Crippen molar-refractivity contribution in [3.05, 3.63) is 36.0 Å². The van der Waals surface area contributed by atoms with E-state index in [0.29, 0.717) is 0 Å². The Morgan fingerprint density at radius 1 is 1.21 bits per heavy atom. The van der Waals surface area contributed by atoms with Crippen LogP contribution in [0.2, 0.25) is 0 Å². The number of ether oxygens (including phenoxy) is 1. The van der Waals surface area contributed by atoms with Crippen LogP contribution in [0.5, 0.6) is 5.75 Å². The second kappa shape index (κ2) is 6.37. The van der Waals surface area contributed by atoms with Gasteiger partial charge in [0.05, 0.1) is 24.1 Å². The monoisotopic (exact) mass is 343 g/mol. The molecular weight excluding hydrogens is 322 g/mol. The van der Waals surface area contributed by atoms with Crippen LogP contribution in [0.4, 0.5) is 5.82 Å². The lowest BCUT2D eigenvalue weighted by Gasteiger charge is -2.27. The van der Waals surface area contributed by atoms with Crippen molar-refractivity contribution in [1.29, 1.82) is 0 Å². The number of hydrogen-bond donors (Lipinski definition) is 2. The predicted molar refractivity (Wildman–Crippen MR) is 98.8 cm³/mol. The molecule has 3 aromatic rings. The molecule has 6 heteroatoms. The first-order valence-electron chi connectivity index (χ1n) is 7.75. The number of hydrogen-bond acceptors (Lipinski definition) is 6. The van der Waals surface area contributed by atoms with E-state index < -0.39 is 5.60 Å². The predicted octanol–water partition coefficient (Wildman–Crippen LogP) is 3.94. The number of nitrogens with one attached hydrogen (secondary N) is 1. The number of benzene rings is 1. The van der Waals surface area contributed by atoms with Gasteiger partial charge in [0.15, 0.2) is 0 Å². The maximum atomic E-state index is 10.2. The van der Waals surface area contributed by atoms with Crippen LogP contribution in [0.1, 0.15) is 20.8 Å². The van der Waals surface area contributed by atoms with Gasteiger partial charge in [0, 0.05) is 10.9 Å². The van der Waals surface area contributed by atoms with Gasteiger partial charge in [-0.25, -0.2) is 9.97 Å². The quantitative estimate of drug-likeness (QED) is 0.734. The molecule has 0 radical (unpaired) electrons. The van der Waals surface area contributed by atoms with E-state index in [0.717, 1.165) is 32.9 Å². The Balaban J connectivity index is 2.06. The highest BCUT2D eigenvalue weighted by molar-refractivity contribution is 7.17. The molecule has 0 aliphatic heterocycles. The molecule has 0 aliphatic carbocycles. The van der Waals surface area contributed by atoms with Gasteiger partial charge in [0.25, 0.3) is 0 Å². The van der Waals surface area contributed by atoms with Gasteiger partial charge >= 0.3 is 0 Å². The minimum Gasteiger partial charge on any atom is -0.497 e. The molecule has 2 aromatic heterocycles. The summed E-state index contributed by atoms with van der Waals surface area (Å²) in [5.41, 5.74) is 1.30. The SMILES string of the molecule is COc1ccc(-c2csc3ncnc(N[C@H](C)C(C)(C)O)c23)cc1. The summed E-state index contributed by atoms with van der Waals surface area (Å²) in [6, 6.07) is 7.77. The van der Waals surface area contributed by atoms with Gasteiger partial charge in [0.1, 0.15) is 22.7 Å². The maximum absolute atomic E-state index is 10.2. The van der Waals surface area contributed by atoms with Gasteiger partial charge in [-0.2, -0.15) is 0 Å². The third-order valence-corrected chi connectivity index (χ3v) is 5.07. The summed E-state index contributed by atoms with van der Waals surface area (Å²) >= 11 is 1.58. The molecule has 1 atom stereocenters. The van der Waals surface area contributed by atoms with Gasteiger partial charge in [-0.15, -0.1) is 11.3 Å². The zero-order valence-corrected chi connectivity index (χ0v) is 15.0. The number of methoxy groups -OCH3 is 1. The van der Waals surface area contributed by atoms with Crippen LogP contribution in [0, 0.1) is 0 Å². The fraction of sp³-hybridized carbons (Fsp3) is 0.333. The van der Waals surface area contributed by atoms with Gasteiger partial charge in [-0.1, -0.05) is 12.1 Å². The number of aromatic nitrogens is 2. The summed E-state index contributed by atoms with van der Waals surface area (Å²) in [4.78, 5) is 9.69. The molecule has 2 heterocycles. The van der Waals surface area contributed by atoms with Crippen LogP contribution >= 0.6 is 11.3 Å². The molecule has 0 saturated carbocycles. The van der Waals surface area contributed by atoms with E-state index >= 15 is 0 Å². The molecule has 24 heavy (non-hydrogen) atoms. The van der Waals surface area contributed by atoms with Gasteiger partial charge < -0.3 is 15.2 Å². The van der Waals surface area contributed by atoms with E-state index in [4.69, 9.17) is 4.74 Å². The Hall–Kier alpha value is -2.18. The number of anilines is 1. The highest BCUT2D eigenvalue weighted by atomic mass is 32.1. The summed E-state index contributed by atoms with van der Waals surface area (Å²) in [6.07, 6.45) is 1.55. The van der Waals surface area contributed by atoms with Crippen molar-refractivity contribution in [2.75, 3.05) is 12.4 Å². The molecule has 0 fully saturated rings. The fourth-order valence-corrected chi connectivity index (χ4v) is 3.27. The minimum atomic E-state index is -0.854. The summed E-state index contributed by atoms with van der Waals surface area (Å²) in [6.45, 7) is 5.50. The summed E-state index contributed by atoms with van der Waals surface area (Å²) in [5, 5.41) is 16.6. The van der Waals surface area contributed by atoms with Crippen molar-refractivity contribution in [3.63, 3.8) is 0 Å². The van der Waals surface area contributed by atoms with Crippen LogP contribution in [0.25, 0.3) is 21.3 Å². The molecule has 0 spiro atoms. The standard InChI is InChI=1S/C18H21N3O2S/c1-11(18(2,3)22)21-16-15-14(9-24-17(15)20-10-19-16)12-5-7-13(23-4)8-6-12/h5-11,22H,1-4H3,(H,19,20,21)/t11-/m1/s1. The molecule has 3 rings (SSSR count). The van der Waals surface area contributed by atoms with Crippen molar-refractivity contribution in [3.8, 4) is 16.9 Å². The number of rotatable bonds is 5. The largest absolute Gasteiger partial charge is 0.497 e. The second-order valence-corrected chi connectivity index (χ2v) is 7.16. The Labute approximate surface area is 145 Å². The van der Waals surface area contributed by atoms with Crippen molar-refractivity contribution in [2.24, 2.45) is 0 Å². The van der Waals surface area contributed by atoms with Crippen LogP contribution in [0.3, 0.4) is 0 Å². The Bertz CT molecular complexity index is 838. The molecular formula is C18H21N3O2S. The third kappa shape index (κ3) is 3.20. The highest BCUT2D eigenvalue weighted by Gasteiger charge is 2.24. The van der Waals surface area contributed by atoms with Crippen LogP contribution < -0.4 is 10.1 Å². The van der Waals surface area contributed by atoms with Crippen LogP contribution in [-0.2, 0) is 0 Å². The topological polar surface area (TPSA) is 67.3 Å². The molecule has 0 saturated heterocycles. The Morgan fingerprint density at radius 2 is 1.92 bits per heavy atom. The number of fused-ring (bicyclic) bond motifs is 1. The van der Waals surface area contributed by atoms with Crippen molar-refractivity contribution < 1.29 is 9.84 Å². The number of thiophene rings is 1. The second-order valence-electron chi connectivity index (χ2n) is 6.30. The summed E-state index contributed by atoms with van der Waals surface area (Å²) in [5.74, 6) is 1.56. The van der Waals surface area contributed by atoms with Crippen molar-refractivity contribution in [2.45, 2.75) is 32.4 Å². The molecule has 126 valence electrons. The van der Waals surface area contributed by atoms with Crippen LogP contribution in [0.15, 0.2) is 36.0 Å².